The Morgan fingerprint density at radius 3 is 2.39 bits per heavy atom. The standard InChI is InChI=1S/C18H16N2O3/c1-12(21)14-7-9-16(10-8-14)20-18(22)13(2)23-17-6-4-3-5-15(17)11-19/h3-10,13H,1-2H3,(H,20,22)/t13-/m1/s1. The van der Waals surface area contributed by atoms with Crippen molar-refractivity contribution >= 4 is 17.4 Å². The van der Waals surface area contributed by atoms with Gasteiger partial charge in [0.1, 0.15) is 11.8 Å². The van der Waals surface area contributed by atoms with Gasteiger partial charge in [-0.3, -0.25) is 9.59 Å². The molecule has 0 radical (unpaired) electrons. The van der Waals surface area contributed by atoms with Crippen LogP contribution in [0.4, 0.5) is 5.69 Å². The van der Waals surface area contributed by atoms with Crippen LogP contribution in [-0.4, -0.2) is 17.8 Å². The van der Waals surface area contributed by atoms with Crippen molar-refractivity contribution in [3.8, 4) is 11.8 Å². The second-order valence-corrected chi connectivity index (χ2v) is 4.99. The Kier molecular flexibility index (Phi) is 5.11. The van der Waals surface area contributed by atoms with E-state index in [2.05, 4.69) is 5.32 Å². The Bertz CT molecular complexity index is 761. The fourth-order valence-corrected chi connectivity index (χ4v) is 1.94. The molecule has 23 heavy (non-hydrogen) atoms. The number of amides is 1. The third-order valence-electron chi connectivity index (χ3n) is 3.24. The Labute approximate surface area is 134 Å². The maximum Gasteiger partial charge on any atom is 0.265 e. The average Bonchev–Trinajstić information content (AvgIpc) is 2.55. The van der Waals surface area contributed by atoms with Crippen LogP contribution in [0.15, 0.2) is 48.5 Å². The highest BCUT2D eigenvalue weighted by Gasteiger charge is 2.16. The van der Waals surface area contributed by atoms with E-state index >= 15 is 0 Å². The second-order valence-electron chi connectivity index (χ2n) is 4.99. The summed E-state index contributed by atoms with van der Waals surface area (Å²) in [5, 5.41) is 11.7. The zero-order valence-corrected chi connectivity index (χ0v) is 12.9. The van der Waals surface area contributed by atoms with E-state index < -0.39 is 6.10 Å². The maximum absolute atomic E-state index is 12.1. The maximum atomic E-state index is 12.1. The van der Waals surface area contributed by atoms with E-state index in [-0.39, 0.29) is 11.7 Å². The summed E-state index contributed by atoms with van der Waals surface area (Å²) in [6.07, 6.45) is -0.767. The lowest BCUT2D eigenvalue weighted by Crippen LogP contribution is -2.30. The quantitative estimate of drug-likeness (QED) is 0.860. The summed E-state index contributed by atoms with van der Waals surface area (Å²) < 4.78 is 5.54. The van der Waals surface area contributed by atoms with Gasteiger partial charge in [0.2, 0.25) is 0 Å². The number of anilines is 1. The zero-order valence-electron chi connectivity index (χ0n) is 12.9. The van der Waals surface area contributed by atoms with Gasteiger partial charge in [0.05, 0.1) is 5.56 Å². The fourth-order valence-electron chi connectivity index (χ4n) is 1.94. The van der Waals surface area contributed by atoms with Gasteiger partial charge in [-0.05, 0) is 50.2 Å². The highest BCUT2D eigenvalue weighted by atomic mass is 16.5. The summed E-state index contributed by atoms with van der Waals surface area (Å²) >= 11 is 0. The van der Waals surface area contributed by atoms with Crippen LogP contribution in [-0.2, 0) is 4.79 Å². The first-order valence-electron chi connectivity index (χ1n) is 7.09. The molecular formula is C18H16N2O3. The molecule has 0 heterocycles. The number of ketones is 1. The lowest BCUT2D eigenvalue weighted by Gasteiger charge is -2.15. The Morgan fingerprint density at radius 2 is 1.78 bits per heavy atom. The van der Waals surface area contributed by atoms with E-state index in [9.17, 15) is 9.59 Å². The number of para-hydroxylation sites is 1. The first kappa shape index (κ1) is 16.2. The van der Waals surface area contributed by atoms with Crippen molar-refractivity contribution in [3.05, 3.63) is 59.7 Å². The van der Waals surface area contributed by atoms with Gasteiger partial charge in [0.25, 0.3) is 5.91 Å². The van der Waals surface area contributed by atoms with E-state index in [1.165, 1.54) is 6.92 Å². The SMILES string of the molecule is CC(=O)c1ccc(NC(=O)[C@@H](C)Oc2ccccc2C#N)cc1. The summed E-state index contributed by atoms with van der Waals surface area (Å²) in [6, 6.07) is 15.4. The number of carbonyl (C=O) groups excluding carboxylic acids is 2. The number of nitrogens with zero attached hydrogens (tertiary/aromatic N) is 1. The molecule has 1 atom stereocenters. The number of hydrogen-bond acceptors (Lipinski definition) is 4. The molecule has 5 heteroatoms. The molecule has 0 aromatic heterocycles. The topological polar surface area (TPSA) is 79.2 Å². The number of nitrogens with one attached hydrogen (secondary N) is 1. The Balaban J connectivity index is 2.02. The molecule has 5 nitrogen and oxygen atoms in total. The molecular weight excluding hydrogens is 292 g/mol. The van der Waals surface area contributed by atoms with Crippen molar-refractivity contribution in [2.75, 3.05) is 5.32 Å². The summed E-state index contributed by atoms with van der Waals surface area (Å²) in [6.45, 7) is 3.09. The molecule has 0 unspecified atom stereocenters. The van der Waals surface area contributed by atoms with E-state index in [4.69, 9.17) is 10.00 Å². The molecule has 0 bridgehead atoms. The van der Waals surface area contributed by atoms with Gasteiger partial charge in [-0.25, -0.2) is 0 Å². The summed E-state index contributed by atoms with van der Waals surface area (Å²) in [4.78, 5) is 23.4. The summed E-state index contributed by atoms with van der Waals surface area (Å²) in [7, 11) is 0. The van der Waals surface area contributed by atoms with E-state index in [0.717, 1.165) is 0 Å². The molecule has 0 spiro atoms. The van der Waals surface area contributed by atoms with E-state index in [0.29, 0.717) is 22.6 Å². The Hall–Kier alpha value is -3.13. The van der Waals surface area contributed by atoms with Crippen LogP contribution in [0.1, 0.15) is 29.8 Å². The minimum Gasteiger partial charge on any atom is -0.480 e. The highest BCUT2D eigenvalue weighted by molar-refractivity contribution is 5.96. The molecule has 2 rings (SSSR count). The fraction of sp³-hybridized carbons (Fsp3) is 0.167. The molecule has 116 valence electrons. The number of benzene rings is 2. The molecule has 1 N–H and O–H groups in total. The molecule has 2 aromatic rings. The van der Waals surface area contributed by atoms with Crippen LogP contribution in [0, 0.1) is 11.3 Å². The lowest BCUT2D eigenvalue weighted by atomic mass is 10.1. The van der Waals surface area contributed by atoms with Crippen LogP contribution in [0.2, 0.25) is 0 Å². The Morgan fingerprint density at radius 1 is 1.13 bits per heavy atom. The van der Waals surface area contributed by atoms with Crippen molar-refractivity contribution in [2.45, 2.75) is 20.0 Å². The normalized spacial score (nSPS) is 11.2. The average molecular weight is 308 g/mol. The molecule has 2 aromatic carbocycles. The largest absolute Gasteiger partial charge is 0.480 e. The van der Waals surface area contributed by atoms with Crippen molar-refractivity contribution in [1.29, 1.82) is 5.26 Å². The number of nitriles is 1. The molecule has 0 aliphatic carbocycles. The van der Waals surface area contributed by atoms with Gasteiger partial charge in [0.15, 0.2) is 11.9 Å². The second kappa shape index (κ2) is 7.23. The molecule has 1 amide bonds. The van der Waals surface area contributed by atoms with Gasteiger partial charge in [-0.2, -0.15) is 5.26 Å². The van der Waals surface area contributed by atoms with Gasteiger partial charge < -0.3 is 10.1 Å². The van der Waals surface area contributed by atoms with Crippen molar-refractivity contribution in [1.82, 2.24) is 0 Å². The minimum atomic E-state index is -0.767. The molecule has 0 fully saturated rings. The highest BCUT2D eigenvalue weighted by Crippen LogP contribution is 2.19. The van der Waals surface area contributed by atoms with Crippen LogP contribution in [0.3, 0.4) is 0 Å². The van der Waals surface area contributed by atoms with Gasteiger partial charge >= 0.3 is 0 Å². The third-order valence-corrected chi connectivity index (χ3v) is 3.24. The first-order chi connectivity index (χ1) is 11.0. The predicted molar refractivity (Wildman–Crippen MR) is 86.3 cm³/mol. The summed E-state index contributed by atoms with van der Waals surface area (Å²) in [5.74, 6) is -0.00872. The van der Waals surface area contributed by atoms with Crippen molar-refractivity contribution in [3.63, 3.8) is 0 Å². The summed E-state index contributed by atoms with van der Waals surface area (Å²) in [5.41, 5.74) is 1.53. The number of Topliss-reactive ketones (excluding diaryl/α,β-unsaturated/α-hetero) is 1. The first-order valence-corrected chi connectivity index (χ1v) is 7.09. The number of ether oxygens (including phenoxy) is 1. The molecule has 0 aliphatic heterocycles. The van der Waals surface area contributed by atoms with Crippen molar-refractivity contribution in [2.24, 2.45) is 0 Å². The van der Waals surface area contributed by atoms with E-state index in [1.54, 1.807) is 55.5 Å². The number of hydrogen-bond donors (Lipinski definition) is 1. The van der Waals surface area contributed by atoms with Crippen molar-refractivity contribution < 1.29 is 14.3 Å². The lowest BCUT2D eigenvalue weighted by molar-refractivity contribution is -0.122. The number of carbonyl (C=O) groups is 2. The van der Waals surface area contributed by atoms with Crippen LogP contribution >= 0.6 is 0 Å². The minimum absolute atomic E-state index is 0.0345. The predicted octanol–water partition coefficient (Wildman–Crippen LogP) is 3.17. The van der Waals surface area contributed by atoms with Crippen LogP contribution in [0.25, 0.3) is 0 Å². The van der Waals surface area contributed by atoms with Crippen LogP contribution in [0.5, 0.6) is 5.75 Å². The van der Waals surface area contributed by atoms with Crippen LogP contribution < -0.4 is 10.1 Å². The zero-order chi connectivity index (χ0) is 16.8. The third kappa shape index (κ3) is 4.17. The molecule has 0 aliphatic rings. The van der Waals surface area contributed by atoms with E-state index in [1.807, 2.05) is 6.07 Å². The molecule has 0 saturated heterocycles. The number of rotatable bonds is 5. The van der Waals surface area contributed by atoms with Gasteiger partial charge in [-0.15, -0.1) is 0 Å². The smallest absolute Gasteiger partial charge is 0.265 e. The monoisotopic (exact) mass is 308 g/mol. The van der Waals surface area contributed by atoms with Gasteiger partial charge in [0, 0.05) is 11.3 Å². The molecule has 0 saturated carbocycles. The van der Waals surface area contributed by atoms with Gasteiger partial charge in [-0.1, -0.05) is 12.1 Å².